The van der Waals surface area contributed by atoms with E-state index in [4.69, 9.17) is 5.73 Å². The van der Waals surface area contributed by atoms with Crippen LogP contribution in [0, 0.1) is 0 Å². The van der Waals surface area contributed by atoms with Crippen molar-refractivity contribution in [2.45, 2.75) is 31.8 Å². The molecule has 1 aromatic carbocycles. The highest BCUT2D eigenvalue weighted by Crippen LogP contribution is 2.21. The Morgan fingerprint density at radius 1 is 1.14 bits per heavy atom. The number of hydrogen-bond donors (Lipinski definition) is 2. The zero-order chi connectivity index (χ0) is 15.1. The van der Waals surface area contributed by atoms with Crippen LogP contribution in [0.3, 0.4) is 0 Å². The van der Waals surface area contributed by atoms with Gasteiger partial charge in [0.25, 0.3) is 0 Å². The number of amides is 1. The van der Waals surface area contributed by atoms with E-state index in [1.54, 1.807) is 12.4 Å². The van der Waals surface area contributed by atoms with Gasteiger partial charge in [-0.1, -0.05) is 43.7 Å². The Morgan fingerprint density at radius 2 is 1.76 bits per heavy atom. The van der Waals surface area contributed by atoms with E-state index in [1.807, 2.05) is 49.4 Å². The van der Waals surface area contributed by atoms with Gasteiger partial charge in [-0.3, -0.25) is 9.78 Å². The Bertz CT molecular complexity index is 517. The third kappa shape index (κ3) is 4.13. The Kier molecular flexibility index (Phi) is 5.46. The normalized spacial score (nSPS) is 13.4. The lowest BCUT2D eigenvalue weighted by Gasteiger charge is -2.21. The summed E-state index contributed by atoms with van der Waals surface area (Å²) < 4.78 is 0. The van der Waals surface area contributed by atoms with Crippen LogP contribution < -0.4 is 11.1 Å². The summed E-state index contributed by atoms with van der Waals surface area (Å²) in [6, 6.07) is 13.0. The van der Waals surface area contributed by atoms with Gasteiger partial charge < -0.3 is 11.1 Å². The van der Waals surface area contributed by atoms with E-state index in [0.717, 1.165) is 17.5 Å². The number of rotatable bonds is 6. The molecule has 2 atom stereocenters. The Hall–Kier alpha value is -2.20. The molecule has 0 saturated heterocycles. The minimum Gasteiger partial charge on any atom is -0.344 e. The fourth-order valence-electron chi connectivity index (χ4n) is 2.25. The van der Waals surface area contributed by atoms with Crippen molar-refractivity contribution in [2.75, 3.05) is 0 Å². The first-order chi connectivity index (χ1) is 10.2. The summed E-state index contributed by atoms with van der Waals surface area (Å²) in [5.74, 6) is -0.123. The van der Waals surface area contributed by atoms with Gasteiger partial charge in [-0.05, 0) is 29.7 Å². The molecule has 0 fully saturated rings. The van der Waals surface area contributed by atoms with E-state index in [9.17, 15) is 4.79 Å². The first-order valence-corrected chi connectivity index (χ1v) is 7.23. The molecule has 0 saturated carbocycles. The summed E-state index contributed by atoms with van der Waals surface area (Å²) in [6.07, 6.45) is 5.02. The Balaban J connectivity index is 2.23. The van der Waals surface area contributed by atoms with Gasteiger partial charge in [-0.2, -0.15) is 0 Å². The number of carbonyl (C=O) groups excluding carboxylic acids is 1. The van der Waals surface area contributed by atoms with Crippen molar-refractivity contribution < 1.29 is 4.79 Å². The van der Waals surface area contributed by atoms with Gasteiger partial charge in [-0.25, -0.2) is 0 Å². The van der Waals surface area contributed by atoms with Crippen LogP contribution in [0.25, 0.3) is 0 Å². The number of carbonyl (C=O) groups is 1. The van der Waals surface area contributed by atoms with E-state index in [2.05, 4.69) is 10.3 Å². The fourth-order valence-corrected chi connectivity index (χ4v) is 2.25. The molecule has 0 spiro atoms. The van der Waals surface area contributed by atoms with Crippen LogP contribution in [-0.2, 0) is 4.79 Å². The van der Waals surface area contributed by atoms with Gasteiger partial charge in [0.05, 0.1) is 12.1 Å². The van der Waals surface area contributed by atoms with Crippen LogP contribution in [0.5, 0.6) is 0 Å². The maximum atomic E-state index is 12.2. The average molecular weight is 283 g/mol. The lowest BCUT2D eigenvalue weighted by molar-refractivity contribution is -0.123. The molecule has 4 nitrogen and oxygen atoms in total. The molecule has 3 N–H and O–H groups in total. The van der Waals surface area contributed by atoms with E-state index in [0.29, 0.717) is 6.42 Å². The van der Waals surface area contributed by atoms with E-state index in [1.165, 1.54) is 0 Å². The molecule has 110 valence electrons. The summed E-state index contributed by atoms with van der Waals surface area (Å²) >= 11 is 0. The summed E-state index contributed by atoms with van der Waals surface area (Å²) in [4.78, 5) is 16.3. The van der Waals surface area contributed by atoms with Gasteiger partial charge >= 0.3 is 0 Å². The molecule has 0 bridgehead atoms. The predicted octanol–water partition coefficient (Wildman–Crippen LogP) is 2.41. The van der Waals surface area contributed by atoms with Crippen LogP contribution in [0.2, 0.25) is 0 Å². The zero-order valence-electron chi connectivity index (χ0n) is 12.2. The monoisotopic (exact) mass is 283 g/mol. The second kappa shape index (κ2) is 7.55. The molecule has 0 radical (unpaired) electrons. The van der Waals surface area contributed by atoms with Crippen molar-refractivity contribution in [3.63, 3.8) is 0 Å². The zero-order valence-corrected chi connectivity index (χ0v) is 12.2. The number of hydrogen-bond acceptors (Lipinski definition) is 3. The number of pyridine rings is 1. The number of nitrogens with zero attached hydrogens (tertiary/aromatic N) is 1. The van der Waals surface area contributed by atoms with Crippen molar-refractivity contribution in [3.8, 4) is 0 Å². The molecular formula is C17H21N3O. The van der Waals surface area contributed by atoms with Crippen LogP contribution in [-0.4, -0.2) is 16.9 Å². The molecule has 2 aromatic rings. The highest BCUT2D eigenvalue weighted by molar-refractivity contribution is 5.82. The predicted molar refractivity (Wildman–Crippen MR) is 83.5 cm³/mol. The van der Waals surface area contributed by atoms with Crippen LogP contribution in [0.15, 0.2) is 54.9 Å². The number of aromatic nitrogens is 1. The van der Waals surface area contributed by atoms with Crippen molar-refractivity contribution in [1.29, 1.82) is 0 Å². The topological polar surface area (TPSA) is 68.0 Å². The summed E-state index contributed by atoms with van der Waals surface area (Å²) in [6.45, 7) is 2.02. The second-order valence-corrected chi connectivity index (χ2v) is 5.03. The van der Waals surface area contributed by atoms with Crippen LogP contribution in [0.1, 0.15) is 36.9 Å². The molecule has 2 unspecified atom stereocenters. The minimum atomic E-state index is -0.469. The molecule has 1 amide bonds. The molecule has 0 aliphatic rings. The van der Waals surface area contributed by atoms with Gasteiger partial charge in [0.15, 0.2) is 0 Å². The molecule has 0 aliphatic heterocycles. The first-order valence-electron chi connectivity index (χ1n) is 7.23. The number of nitrogens with two attached hydrogens (primary N) is 1. The molecular weight excluding hydrogens is 262 g/mol. The van der Waals surface area contributed by atoms with Crippen molar-refractivity contribution >= 4 is 5.91 Å². The van der Waals surface area contributed by atoms with Crippen molar-refractivity contribution in [1.82, 2.24) is 10.3 Å². The lowest BCUT2D eigenvalue weighted by Crippen LogP contribution is -2.42. The van der Waals surface area contributed by atoms with Gasteiger partial charge in [0.2, 0.25) is 5.91 Å². The van der Waals surface area contributed by atoms with Gasteiger partial charge in [-0.15, -0.1) is 0 Å². The largest absolute Gasteiger partial charge is 0.344 e. The van der Waals surface area contributed by atoms with Crippen molar-refractivity contribution in [2.24, 2.45) is 5.73 Å². The molecule has 0 aliphatic carbocycles. The van der Waals surface area contributed by atoms with E-state index >= 15 is 0 Å². The standard InChI is InChI=1S/C17H21N3O/c1-2-6-15(18)17(21)20-16(13-7-4-3-5-8-13)14-9-11-19-12-10-14/h3-5,7-12,15-16H,2,6,18H2,1H3,(H,20,21). The van der Waals surface area contributed by atoms with Crippen molar-refractivity contribution in [3.05, 3.63) is 66.0 Å². The summed E-state index contributed by atoms with van der Waals surface area (Å²) in [5, 5.41) is 3.04. The Morgan fingerprint density at radius 3 is 2.38 bits per heavy atom. The third-order valence-electron chi connectivity index (χ3n) is 3.40. The smallest absolute Gasteiger partial charge is 0.237 e. The fraction of sp³-hybridized carbons (Fsp3) is 0.294. The molecule has 1 aromatic heterocycles. The van der Waals surface area contributed by atoms with E-state index < -0.39 is 6.04 Å². The second-order valence-electron chi connectivity index (χ2n) is 5.03. The third-order valence-corrected chi connectivity index (χ3v) is 3.40. The highest BCUT2D eigenvalue weighted by atomic mass is 16.2. The quantitative estimate of drug-likeness (QED) is 0.855. The lowest BCUT2D eigenvalue weighted by atomic mass is 9.99. The van der Waals surface area contributed by atoms with Gasteiger partial charge in [0, 0.05) is 12.4 Å². The first kappa shape index (κ1) is 15.2. The molecule has 2 rings (SSSR count). The molecule has 1 heterocycles. The maximum Gasteiger partial charge on any atom is 0.237 e. The van der Waals surface area contributed by atoms with E-state index in [-0.39, 0.29) is 11.9 Å². The summed E-state index contributed by atoms with van der Waals surface area (Å²) in [5.41, 5.74) is 7.93. The Labute approximate surface area is 125 Å². The van der Waals surface area contributed by atoms with Crippen LogP contribution in [0.4, 0.5) is 0 Å². The number of nitrogens with one attached hydrogen (secondary N) is 1. The SMILES string of the molecule is CCCC(N)C(=O)NC(c1ccccc1)c1ccncc1. The van der Waals surface area contributed by atoms with Crippen LogP contribution >= 0.6 is 0 Å². The minimum absolute atomic E-state index is 0.123. The average Bonchev–Trinajstić information content (AvgIpc) is 2.54. The van der Waals surface area contributed by atoms with Gasteiger partial charge in [0.1, 0.15) is 0 Å². The summed E-state index contributed by atoms with van der Waals surface area (Å²) in [7, 11) is 0. The molecule has 4 heteroatoms. The number of benzene rings is 1. The molecule has 21 heavy (non-hydrogen) atoms. The highest BCUT2D eigenvalue weighted by Gasteiger charge is 2.20. The maximum absolute atomic E-state index is 12.2.